The fourth-order valence-electron chi connectivity index (χ4n) is 5.51. The van der Waals surface area contributed by atoms with Crippen LogP contribution in [0.15, 0.2) is 41.3 Å². The van der Waals surface area contributed by atoms with Crippen LogP contribution in [0.25, 0.3) is 0 Å². The van der Waals surface area contributed by atoms with Crippen LogP contribution in [0.2, 0.25) is 0 Å². The highest BCUT2D eigenvalue weighted by atomic mass is 32.2. The molecule has 1 spiro atoms. The van der Waals surface area contributed by atoms with Crippen LogP contribution in [0.5, 0.6) is 5.88 Å². The van der Waals surface area contributed by atoms with Crippen LogP contribution < -0.4 is 14.8 Å². The van der Waals surface area contributed by atoms with Crippen LogP contribution in [0.4, 0.5) is 5.69 Å². The summed E-state index contributed by atoms with van der Waals surface area (Å²) in [6.07, 6.45) is 5.88. The Labute approximate surface area is 179 Å². The molecule has 2 aliphatic carbocycles. The second-order valence-corrected chi connectivity index (χ2v) is 10.3. The minimum Gasteiger partial charge on any atom is -0.480 e. The zero-order valence-electron chi connectivity index (χ0n) is 18.0. The van der Waals surface area contributed by atoms with Crippen molar-refractivity contribution in [3.05, 3.63) is 47.7 Å². The van der Waals surface area contributed by atoms with E-state index < -0.39 is 10.0 Å². The van der Waals surface area contributed by atoms with Crippen molar-refractivity contribution in [1.82, 2.24) is 4.98 Å². The second-order valence-electron chi connectivity index (χ2n) is 8.70. The van der Waals surface area contributed by atoms with Gasteiger partial charge < -0.3 is 9.64 Å². The number of anilines is 1. The Kier molecular flexibility index (Phi) is 5.53. The molecule has 30 heavy (non-hydrogen) atoms. The van der Waals surface area contributed by atoms with Gasteiger partial charge in [0, 0.05) is 19.3 Å². The average molecular weight is 430 g/mol. The number of pyridine rings is 1. The van der Waals surface area contributed by atoms with Gasteiger partial charge in [-0.25, -0.2) is 18.5 Å². The Morgan fingerprint density at radius 1 is 1.17 bits per heavy atom. The molecule has 2 atom stereocenters. The van der Waals surface area contributed by atoms with E-state index in [1.807, 2.05) is 12.1 Å². The summed E-state index contributed by atoms with van der Waals surface area (Å²) < 4.78 is 28.8. The first-order valence-corrected chi connectivity index (χ1v) is 12.2. The Bertz CT molecular complexity index is 1010. The number of rotatable bonds is 7. The highest BCUT2D eigenvalue weighted by molar-refractivity contribution is 7.89. The zero-order chi connectivity index (χ0) is 21.5. The van der Waals surface area contributed by atoms with E-state index in [2.05, 4.69) is 36.0 Å². The Morgan fingerprint density at radius 2 is 1.83 bits per heavy atom. The van der Waals surface area contributed by atoms with Crippen LogP contribution >= 0.6 is 0 Å². The molecule has 0 saturated heterocycles. The van der Waals surface area contributed by atoms with Crippen molar-refractivity contribution in [2.45, 2.75) is 49.8 Å². The first kappa shape index (κ1) is 21.1. The molecular weight excluding hydrogens is 398 g/mol. The number of methoxy groups -OCH3 is 1. The summed E-state index contributed by atoms with van der Waals surface area (Å²) in [6.45, 7) is 3.01. The van der Waals surface area contributed by atoms with E-state index in [1.54, 1.807) is 19.2 Å². The number of aromatic nitrogens is 1. The van der Waals surface area contributed by atoms with E-state index in [-0.39, 0.29) is 4.90 Å². The molecule has 162 valence electrons. The molecule has 2 fully saturated rings. The van der Waals surface area contributed by atoms with Gasteiger partial charge in [0.05, 0.1) is 17.7 Å². The zero-order valence-corrected chi connectivity index (χ0v) is 18.8. The van der Waals surface area contributed by atoms with Crippen LogP contribution in [-0.2, 0) is 16.4 Å². The minimum absolute atomic E-state index is 0.174. The third kappa shape index (κ3) is 3.69. The van der Waals surface area contributed by atoms with Crippen molar-refractivity contribution in [3.63, 3.8) is 0 Å². The molecule has 1 aromatic carbocycles. The molecule has 2 aromatic rings. The number of benzene rings is 1. The van der Waals surface area contributed by atoms with Crippen LogP contribution in [0, 0.1) is 11.3 Å². The van der Waals surface area contributed by atoms with Gasteiger partial charge in [0.1, 0.15) is 0 Å². The number of primary sulfonamides is 1. The van der Waals surface area contributed by atoms with Crippen molar-refractivity contribution in [1.29, 1.82) is 0 Å². The molecule has 2 saturated carbocycles. The average Bonchev–Trinajstić information content (AvgIpc) is 3.07. The van der Waals surface area contributed by atoms with Crippen LogP contribution in [0.3, 0.4) is 0 Å². The highest BCUT2D eigenvalue weighted by Gasteiger charge is 2.65. The molecule has 2 N–H and O–H groups in total. The fraction of sp³-hybridized carbons (Fsp3) is 0.522. The highest BCUT2D eigenvalue weighted by Crippen LogP contribution is 2.72. The maximum atomic E-state index is 11.6. The number of sulfonamides is 1. The van der Waals surface area contributed by atoms with Crippen LogP contribution in [-0.4, -0.2) is 34.1 Å². The van der Waals surface area contributed by atoms with E-state index in [1.165, 1.54) is 31.2 Å². The lowest BCUT2D eigenvalue weighted by atomic mass is 9.97. The van der Waals surface area contributed by atoms with Gasteiger partial charge in [-0.3, -0.25) is 0 Å². The number of aryl methyl sites for hydroxylation is 1. The van der Waals surface area contributed by atoms with Gasteiger partial charge >= 0.3 is 0 Å². The predicted octanol–water partition coefficient (Wildman–Crippen LogP) is 3.71. The van der Waals surface area contributed by atoms with Gasteiger partial charge in [-0.2, -0.15) is 0 Å². The van der Waals surface area contributed by atoms with Gasteiger partial charge in [0.15, 0.2) is 0 Å². The first-order valence-electron chi connectivity index (χ1n) is 10.7. The van der Waals surface area contributed by atoms with Crippen molar-refractivity contribution in [2.75, 3.05) is 25.6 Å². The minimum atomic E-state index is -3.66. The van der Waals surface area contributed by atoms with E-state index in [0.29, 0.717) is 23.1 Å². The summed E-state index contributed by atoms with van der Waals surface area (Å²) in [5, 5.41) is 5.27. The Hall–Kier alpha value is -2.12. The lowest BCUT2D eigenvalue weighted by Gasteiger charge is -2.22. The first-order chi connectivity index (χ1) is 14.3. The van der Waals surface area contributed by atoms with Gasteiger partial charge in [0.2, 0.25) is 15.9 Å². The number of nitrogens with zero attached hydrogens (tertiary/aromatic N) is 2. The lowest BCUT2D eigenvalue weighted by Crippen LogP contribution is -2.23. The number of nitrogens with two attached hydrogens (primary N) is 1. The summed E-state index contributed by atoms with van der Waals surface area (Å²) in [5.41, 5.74) is 3.57. The van der Waals surface area contributed by atoms with E-state index in [4.69, 9.17) is 9.88 Å². The van der Waals surface area contributed by atoms with E-state index in [0.717, 1.165) is 24.3 Å². The second kappa shape index (κ2) is 7.85. The van der Waals surface area contributed by atoms with Gasteiger partial charge in [0.25, 0.3) is 0 Å². The molecular formula is C23H31N3O3S. The molecule has 2 aliphatic rings. The largest absolute Gasteiger partial charge is 0.480 e. The van der Waals surface area contributed by atoms with E-state index in [9.17, 15) is 8.42 Å². The summed E-state index contributed by atoms with van der Waals surface area (Å²) in [5.74, 6) is 1.65. The maximum Gasteiger partial charge on any atom is 0.238 e. The summed E-state index contributed by atoms with van der Waals surface area (Å²) >= 11 is 0. The molecule has 0 amide bonds. The Balaban J connectivity index is 1.57. The quantitative estimate of drug-likeness (QED) is 0.725. The predicted molar refractivity (Wildman–Crippen MR) is 118 cm³/mol. The molecule has 0 bridgehead atoms. The molecule has 1 heterocycles. The third-order valence-electron chi connectivity index (χ3n) is 7.09. The third-order valence-corrected chi connectivity index (χ3v) is 8.02. The topological polar surface area (TPSA) is 85.5 Å². The number of hydrogen-bond donors (Lipinski definition) is 1. The summed E-state index contributed by atoms with van der Waals surface area (Å²) in [7, 11) is 0.112. The summed E-state index contributed by atoms with van der Waals surface area (Å²) in [6, 6.07) is 11.3. The lowest BCUT2D eigenvalue weighted by molar-refractivity contribution is 0.395. The monoisotopic (exact) mass is 429 g/mol. The van der Waals surface area contributed by atoms with Crippen molar-refractivity contribution in [2.24, 2.45) is 16.5 Å². The fourth-order valence-corrected chi connectivity index (χ4v) is 6.03. The molecule has 0 radical (unpaired) electrons. The van der Waals surface area contributed by atoms with Gasteiger partial charge in [-0.05, 0) is 66.3 Å². The van der Waals surface area contributed by atoms with Crippen LogP contribution in [0.1, 0.15) is 49.8 Å². The van der Waals surface area contributed by atoms with Gasteiger partial charge in [-0.15, -0.1) is 0 Å². The molecule has 0 aliphatic heterocycles. The standard InChI is InChI=1S/C23H31N3O3S/c1-4-17-9-12-20(22(25-17)29-3)26(2)15-19-21(23(19)13-5-6-14-23)16-7-10-18(11-8-16)30(24,27)28/h7-12,19,21H,4-6,13-15H2,1-3H3,(H2,24,27,28). The maximum absolute atomic E-state index is 11.6. The molecule has 2 unspecified atom stereocenters. The normalized spacial score (nSPS) is 22.3. The number of hydrogen-bond acceptors (Lipinski definition) is 5. The van der Waals surface area contributed by atoms with Gasteiger partial charge in [-0.1, -0.05) is 31.9 Å². The van der Waals surface area contributed by atoms with Crippen molar-refractivity contribution >= 4 is 15.7 Å². The SMILES string of the molecule is CCc1ccc(N(C)CC2C(c3ccc(S(N)(=O)=O)cc3)C23CCCC3)c(OC)n1. The number of ether oxygens (including phenoxy) is 1. The molecule has 4 rings (SSSR count). The van der Waals surface area contributed by atoms with E-state index >= 15 is 0 Å². The molecule has 7 heteroatoms. The van der Waals surface area contributed by atoms with Crippen molar-refractivity contribution < 1.29 is 13.2 Å². The summed E-state index contributed by atoms with van der Waals surface area (Å²) in [4.78, 5) is 7.06. The van der Waals surface area contributed by atoms with Crippen molar-refractivity contribution in [3.8, 4) is 5.88 Å². The smallest absolute Gasteiger partial charge is 0.238 e. The Morgan fingerprint density at radius 3 is 2.40 bits per heavy atom. The molecule has 1 aromatic heterocycles. The molecule has 6 nitrogen and oxygen atoms in total.